The molecule has 0 aliphatic rings. The number of nitrogens with zero attached hydrogens (tertiary/aromatic N) is 1. The van der Waals surface area contributed by atoms with E-state index >= 15 is 0 Å². The fraction of sp³-hybridized carbons (Fsp3) is 0. The van der Waals surface area contributed by atoms with E-state index in [9.17, 15) is 4.79 Å². The number of hydrogen-bond acceptors (Lipinski definition) is 3. The van der Waals surface area contributed by atoms with E-state index in [0.29, 0.717) is 22.1 Å². The molecule has 6 heteroatoms. The Balaban J connectivity index is 2.19. The van der Waals surface area contributed by atoms with Crippen molar-refractivity contribution in [1.82, 2.24) is 4.98 Å². The van der Waals surface area contributed by atoms with Crippen LogP contribution in [0, 0.1) is 0 Å². The maximum Gasteiger partial charge on any atom is 0.258 e. The SMILES string of the molecule is Nc1cc(Br)ccc1C(=O)Nc1ccc(Cl)cn1. The van der Waals surface area contributed by atoms with Gasteiger partial charge in [-0.3, -0.25) is 4.79 Å². The Morgan fingerprint density at radius 1 is 1.33 bits per heavy atom. The van der Waals surface area contributed by atoms with Gasteiger partial charge in [-0.05, 0) is 30.3 Å². The molecule has 2 rings (SSSR count). The highest BCUT2D eigenvalue weighted by molar-refractivity contribution is 9.10. The van der Waals surface area contributed by atoms with Crippen molar-refractivity contribution in [3.8, 4) is 0 Å². The summed E-state index contributed by atoms with van der Waals surface area (Å²) in [6.45, 7) is 0. The average molecular weight is 327 g/mol. The normalized spacial score (nSPS) is 10.1. The van der Waals surface area contributed by atoms with Crippen molar-refractivity contribution >= 4 is 44.9 Å². The topological polar surface area (TPSA) is 68.0 Å². The van der Waals surface area contributed by atoms with E-state index in [0.717, 1.165) is 4.47 Å². The summed E-state index contributed by atoms with van der Waals surface area (Å²) in [5.41, 5.74) is 6.56. The number of pyridine rings is 1. The Morgan fingerprint density at radius 3 is 2.72 bits per heavy atom. The lowest BCUT2D eigenvalue weighted by Gasteiger charge is -2.07. The summed E-state index contributed by atoms with van der Waals surface area (Å²) in [4.78, 5) is 15.9. The molecule has 0 spiro atoms. The summed E-state index contributed by atoms with van der Waals surface area (Å²) >= 11 is 8.99. The molecule has 0 unspecified atom stereocenters. The van der Waals surface area contributed by atoms with Gasteiger partial charge >= 0.3 is 0 Å². The maximum absolute atomic E-state index is 12.0. The lowest BCUT2D eigenvalue weighted by Crippen LogP contribution is -2.14. The van der Waals surface area contributed by atoms with Crippen molar-refractivity contribution in [2.75, 3.05) is 11.1 Å². The van der Waals surface area contributed by atoms with Gasteiger partial charge in [-0.2, -0.15) is 0 Å². The van der Waals surface area contributed by atoms with E-state index in [-0.39, 0.29) is 5.91 Å². The van der Waals surface area contributed by atoms with Crippen molar-refractivity contribution < 1.29 is 4.79 Å². The summed E-state index contributed by atoms with van der Waals surface area (Å²) in [6.07, 6.45) is 1.46. The van der Waals surface area contributed by atoms with Crippen LogP contribution >= 0.6 is 27.5 Å². The number of halogens is 2. The first-order valence-electron chi connectivity index (χ1n) is 5.04. The van der Waals surface area contributed by atoms with Gasteiger partial charge in [0.1, 0.15) is 5.82 Å². The second kappa shape index (κ2) is 5.37. The lowest BCUT2D eigenvalue weighted by molar-refractivity contribution is 0.102. The van der Waals surface area contributed by atoms with Crippen LogP contribution in [-0.2, 0) is 0 Å². The van der Waals surface area contributed by atoms with E-state index in [1.807, 2.05) is 0 Å². The third kappa shape index (κ3) is 3.00. The van der Waals surface area contributed by atoms with E-state index in [1.165, 1.54) is 6.20 Å². The molecular formula is C12H9BrClN3O. The number of nitrogens with two attached hydrogens (primary N) is 1. The molecule has 0 bridgehead atoms. The Morgan fingerprint density at radius 2 is 2.11 bits per heavy atom. The number of amides is 1. The molecule has 1 amide bonds. The molecule has 2 aromatic rings. The summed E-state index contributed by atoms with van der Waals surface area (Å²) in [5, 5.41) is 3.15. The fourth-order valence-electron chi connectivity index (χ4n) is 1.37. The highest BCUT2D eigenvalue weighted by Gasteiger charge is 2.10. The number of carbonyl (C=O) groups is 1. The first kappa shape index (κ1) is 12.9. The standard InChI is InChI=1S/C12H9BrClN3O/c13-7-1-3-9(10(15)5-7)12(18)17-11-4-2-8(14)6-16-11/h1-6H,15H2,(H,16,17,18). The van der Waals surface area contributed by atoms with Gasteiger partial charge in [-0.15, -0.1) is 0 Å². The maximum atomic E-state index is 12.0. The predicted octanol–water partition coefficient (Wildman–Crippen LogP) is 3.33. The summed E-state index contributed by atoms with van der Waals surface area (Å²) in [7, 11) is 0. The smallest absolute Gasteiger partial charge is 0.258 e. The number of nitrogens with one attached hydrogen (secondary N) is 1. The van der Waals surface area contributed by atoms with Crippen LogP contribution in [0.2, 0.25) is 5.02 Å². The van der Waals surface area contributed by atoms with Crippen LogP contribution in [0.4, 0.5) is 11.5 Å². The van der Waals surface area contributed by atoms with Gasteiger partial charge < -0.3 is 11.1 Å². The summed E-state index contributed by atoms with van der Waals surface area (Å²) in [6, 6.07) is 8.33. The van der Waals surface area contributed by atoms with E-state index < -0.39 is 0 Å². The zero-order chi connectivity index (χ0) is 13.1. The van der Waals surface area contributed by atoms with Crippen molar-refractivity contribution in [3.63, 3.8) is 0 Å². The minimum absolute atomic E-state index is 0.310. The van der Waals surface area contributed by atoms with Crippen LogP contribution < -0.4 is 11.1 Å². The first-order chi connectivity index (χ1) is 8.56. The Labute approximate surface area is 117 Å². The number of anilines is 2. The molecule has 0 radical (unpaired) electrons. The number of hydrogen-bond donors (Lipinski definition) is 2. The molecule has 1 heterocycles. The Bertz CT molecular complexity index is 586. The second-order valence-electron chi connectivity index (χ2n) is 3.55. The fourth-order valence-corrected chi connectivity index (χ4v) is 1.86. The van der Waals surface area contributed by atoms with E-state index in [1.54, 1.807) is 30.3 Å². The number of carbonyl (C=O) groups excluding carboxylic acids is 1. The third-order valence-electron chi connectivity index (χ3n) is 2.23. The molecule has 0 fully saturated rings. The average Bonchev–Trinajstić information content (AvgIpc) is 2.32. The number of rotatable bonds is 2. The molecule has 4 nitrogen and oxygen atoms in total. The largest absolute Gasteiger partial charge is 0.398 e. The molecule has 0 atom stereocenters. The Kier molecular flexibility index (Phi) is 3.84. The van der Waals surface area contributed by atoms with Crippen molar-refractivity contribution in [2.45, 2.75) is 0 Å². The van der Waals surface area contributed by atoms with Crippen LogP contribution in [0.3, 0.4) is 0 Å². The molecule has 1 aromatic carbocycles. The number of benzene rings is 1. The van der Waals surface area contributed by atoms with Gasteiger partial charge in [0.25, 0.3) is 5.91 Å². The molecule has 92 valence electrons. The van der Waals surface area contributed by atoms with Crippen LogP contribution in [0.5, 0.6) is 0 Å². The zero-order valence-corrected chi connectivity index (χ0v) is 11.5. The third-order valence-corrected chi connectivity index (χ3v) is 2.94. The van der Waals surface area contributed by atoms with Crippen LogP contribution in [0.25, 0.3) is 0 Å². The quantitative estimate of drug-likeness (QED) is 0.832. The second-order valence-corrected chi connectivity index (χ2v) is 4.90. The van der Waals surface area contributed by atoms with Gasteiger partial charge in [-0.1, -0.05) is 27.5 Å². The molecule has 0 aliphatic carbocycles. The lowest BCUT2D eigenvalue weighted by atomic mass is 10.1. The van der Waals surface area contributed by atoms with Crippen LogP contribution in [0.1, 0.15) is 10.4 Å². The van der Waals surface area contributed by atoms with Gasteiger partial charge in [0.15, 0.2) is 0 Å². The van der Waals surface area contributed by atoms with Gasteiger partial charge in [0, 0.05) is 16.4 Å². The number of nitrogen functional groups attached to an aromatic ring is 1. The molecular weight excluding hydrogens is 318 g/mol. The monoisotopic (exact) mass is 325 g/mol. The summed E-state index contributed by atoms with van der Waals surface area (Å²) in [5.74, 6) is 0.113. The minimum atomic E-state index is -0.310. The highest BCUT2D eigenvalue weighted by atomic mass is 79.9. The van der Waals surface area contributed by atoms with Gasteiger partial charge in [0.2, 0.25) is 0 Å². The molecule has 0 aliphatic heterocycles. The van der Waals surface area contributed by atoms with Crippen LogP contribution in [0.15, 0.2) is 41.0 Å². The summed E-state index contributed by atoms with van der Waals surface area (Å²) < 4.78 is 0.821. The van der Waals surface area contributed by atoms with Crippen LogP contribution in [-0.4, -0.2) is 10.9 Å². The number of aromatic nitrogens is 1. The van der Waals surface area contributed by atoms with E-state index in [2.05, 4.69) is 26.2 Å². The molecule has 1 aromatic heterocycles. The predicted molar refractivity (Wildman–Crippen MR) is 75.8 cm³/mol. The zero-order valence-electron chi connectivity index (χ0n) is 9.15. The Hall–Kier alpha value is -1.59. The van der Waals surface area contributed by atoms with Crippen molar-refractivity contribution in [3.05, 3.63) is 51.6 Å². The van der Waals surface area contributed by atoms with E-state index in [4.69, 9.17) is 17.3 Å². The minimum Gasteiger partial charge on any atom is -0.398 e. The van der Waals surface area contributed by atoms with Gasteiger partial charge in [-0.25, -0.2) is 4.98 Å². The molecule has 0 saturated heterocycles. The highest BCUT2D eigenvalue weighted by Crippen LogP contribution is 2.19. The first-order valence-corrected chi connectivity index (χ1v) is 6.21. The molecule has 3 N–H and O–H groups in total. The molecule has 0 saturated carbocycles. The van der Waals surface area contributed by atoms with Crippen molar-refractivity contribution in [1.29, 1.82) is 0 Å². The van der Waals surface area contributed by atoms with Gasteiger partial charge in [0.05, 0.1) is 10.6 Å². The molecule has 18 heavy (non-hydrogen) atoms. The van der Waals surface area contributed by atoms with Crippen molar-refractivity contribution in [2.24, 2.45) is 0 Å².